The lowest BCUT2D eigenvalue weighted by molar-refractivity contribution is -0.385. The Morgan fingerprint density at radius 2 is 2.12 bits per heavy atom. The number of nitrogens with zero attached hydrogens (tertiary/aromatic N) is 3. The van der Waals surface area contributed by atoms with Crippen molar-refractivity contribution in [3.05, 3.63) is 72.6 Å². The van der Waals surface area contributed by atoms with Crippen molar-refractivity contribution < 1.29 is 9.72 Å². The van der Waals surface area contributed by atoms with E-state index in [1.165, 1.54) is 28.4 Å². The van der Waals surface area contributed by atoms with E-state index in [1.54, 1.807) is 29.6 Å². The van der Waals surface area contributed by atoms with E-state index in [1.807, 2.05) is 0 Å². The summed E-state index contributed by atoms with van der Waals surface area (Å²) in [6.07, 6.45) is 2.53. The number of anilines is 1. The lowest BCUT2D eigenvalue weighted by Crippen LogP contribution is -2.10. The smallest absolute Gasteiger partial charge is 0.307 e. The molecule has 0 spiro atoms. The maximum absolute atomic E-state index is 12.3. The Balaban J connectivity index is 1.68. The number of aromatic nitrogens is 2. The van der Waals surface area contributed by atoms with Gasteiger partial charge in [-0.3, -0.25) is 19.6 Å². The number of carbonyl (C=O) groups excluding carboxylic acids is 1. The van der Waals surface area contributed by atoms with E-state index >= 15 is 0 Å². The molecule has 3 rings (SSSR count). The lowest BCUT2D eigenvalue weighted by Gasteiger charge is -2.04. The third-order valence-corrected chi connectivity index (χ3v) is 4.95. The summed E-state index contributed by atoms with van der Waals surface area (Å²) in [5.41, 5.74) is 1.28. The molecule has 128 valence electrons. The number of rotatable bonds is 5. The predicted octanol–water partition coefficient (Wildman–Crippen LogP) is 4.46. The molecule has 0 aliphatic carbocycles. The summed E-state index contributed by atoms with van der Waals surface area (Å²) in [5, 5.41) is 19.9. The largest absolute Gasteiger partial charge is 0.321 e. The molecule has 0 unspecified atom stereocenters. The van der Waals surface area contributed by atoms with Crippen LogP contribution in [-0.2, 0) is 6.54 Å². The number of amides is 1. The molecule has 0 bridgehead atoms. The van der Waals surface area contributed by atoms with Crippen LogP contribution < -0.4 is 5.32 Å². The minimum Gasteiger partial charge on any atom is -0.321 e. The van der Waals surface area contributed by atoms with Crippen molar-refractivity contribution in [3.63, 3.8) is 0 Å². The zero-order valence-corrected chi connectivity index (χ0v) is 14.8. The number of nitro groups is 1. The van der Waals surface area contributed by atoms with Gasteiger partial charge < -0.3 is 5.32 Å². The standard InChI is InChI=1S/C15H10Cl2N4O3S/c16-12-2-1-10(4-13(12)17)19-15(22)14-3-9(8-25-14)6-20-7-11(5-18-20)21(23)24/h1-5,7-8H,6H2,(H,19,22). The normalized spacial score (nSPS) is 10.6. The van der Waals surface area contributed by atoms with Crippen molar-refractivity contribution in [2.45, 2.75) is 6.54 Å². The highest BCUT2D eigenvalue weighted by atomic mass is 35.5. The number of carbonyl (C=O) groups is 1. The first kappa shape index (κ1) is 17.4. The second-order valence-corrected chi connectivity index (χ2v) is 6.78. The van der Waals surface area contributed by atoms with Crippen LogP contribution in [0.2, 0.25) is 10.0 Å². The monoisotopic (exact) mass is 396 g/mol. The van der Waals surface area contributed by atoms with E-state index in [9.17, 15) is 14.9 Å². The van der Waals surface area contributed by atoms with Crippen LogP contribution in [0.15, 0.2) is 42.0 Å². The van der Waals surface area contributed by atoms with Crippen molar-refractivity contribution in [1.82, 2.24) is 9.78 Å². The van der Waals surface area contributed by atoms with Crippen molar-refractivity contribution >= 4 is 51.8 Å². The molecule has 0 fully saturated rings. The minimum absolute atomic E-state index is 0.0761. The van der Waals surface area contributed by atoms with Crippen molar-refractivity contribution in [3.8, 4) is 0 Å². The maximum atomic E-state index is 12.3. The molecule has 0 saturated heterocycles. The van der Waals surface area contributed by atoms with Gasteiger partial charge >= 0.3 is 5.69 Å². The minimum atomic E-state index is -0.507. The first-order valence-corrected chi connectivity index (χ1v) is 8.56. The van der Waals surface area contributed by atoms with E-state index in [4.69, 9.17) is 23.2 Å². The Hall–Kier alpha value is -2.42. The number of hydrogen-bond donors (Lipinski definition) is 1. The molecule has 0 saturated carbocycles. The molecule has 25 heavy (non-hydrogen) atoms. The molecule has 0 aliphatic rings. The van der Waals surface area contributed by atoms with Gasteiger partial charge in [-0.05, 0) is 35.2 Å². The number of hydrogen-bond acceptors (Lipinski definition) is 5. The summed E-state index contributed by atoms with van der Waals surface area (Å²) in [7, 11) is 0. The SMILES string of the molecule is O=C(Nc1ccc(Cl)c(Cl)c1)c1cc(Cn2cc([N+](=O)[O-])cn2)cs1. The Kier molecular flexibility index (Phi) is 5.03. The van der Waals surface area contributed by atoms with E-state index in [2.05, 4.69) is 10.4 Å². The van der Waals surface area contributed by atoms with Crippen LogP contribution in [0, 0.1) is 10.1 Å². The first-order chi connectivity index (χ1) is 11.9. The summed E-state index contributed by atoms with van der Waals surface area (Å²) < 4.78 is 1.45. The van der Waals surface area contributed by atoms with Gasteiger partial charge in [0.05, 0.1) is 26.4 Å². The third-order valence-electron chi connectivity index (χ3n) is 3.23. The van der Waals surface area contributed by atoms with Crippen molar-refractivity contribution in [2.24, 2.45) is 0 Å². The van der Waals surface area contributed by atoms with E-state index in [0.29, 0.717) is 27.2 Å². The highest BCUT2D eigenvalue weighted by Crippen LogP contribution is 2.26. The summed E-state index contributed by atoms with van der Waals surface area (Å²) in [6.45, 7) is 0.338. The third kappa shape index (κ3) is 4.16. The zero-order chi connectivity index (χ0) is 18.0. The molecule has 1 N–H and O–H groups in total. The fourth-order valence-electron chi connectivity index (χ4n) is 2.06. The Morgan fingerprint density at radius 1 is 1.32 bits per heavy atom. The van der Waals surface area contributed by atoms with Gasteiger partial charge in [0, 0.05) is 5.69 Å². The van der Waals surface area contributed by atoms with Gasteiger partial charge in [-0.1, -0.05) is 23.2 Å². The number of benzene rings is 1. The number of halogens is 2. The van der Waals surface area contributed by atoms with Crippen LogP contribution in [0.4, 0.5) is 11.4 Å². The first-order valence-electron chi connectivity index (χ1n) is 6.93. The highest BCUT2D eigenvalue weighted by molar-refractivity contribution is 7.12. The molecule has 1 amide bonds. The Morgan fingerprint density at radius 3 is 2.80 bits per heavy atom. The quantitative estimate of drug-likeness (QED) is 0.508. The molecule has 1 aromatic carbocycles. The van der Waals surface area contributed by atoms with Gasteiger partial charge in [-0.25, -0.2) is 0 Å². The van der Waals surface area contributed by atoms with Gasteiger partial charge in [0.15, 0.2) is 0 Å². The molecule has 3 aromatic rings. The van der Waals surface area contributed by atoms with Crippen molar-refractivity contribution in [2.75, 3.05) is 5.32 Å². The second kappa shape index (κ2) is 7.22. The van der Waals surface area contributed by atoms with Crippen LogP contribution in [0.3, 0.4) is 0 Å². The average molecular weight is 397 g/mol. The summed E-state index contributed by atoms with van der Waals surface area (Å²) >= 11 is 13.0. The average Bonchev–Trinajstić information content (AvgIpc) is 3.21. The summed E-state index contributed by atoms with van der Waals surface area (Å²) in [4.78, 5) is 22.9. The van der Waals surface area contributed by atoms with Gasteiger partial charge in [-0.15, -0.1) is 11.3 Å². The molecule has 0 atom stereocenters. The lowest BCUT2D eigenvalue weighted by atomic mass is 10.3. The molecule has 10 heteroatoms. The van der Waals surface area contributed by atoms with Gasteiger partial charge in [0.2, 0.25) is 0 Å². The van der Waals surface area contributed by atoms with Crippen LogP contribution in [0.25, 0.3) is 0 Å². The number of thiophene rings is 1. The Labute approximate surface area is 155 Å². The van der Waals surface area contributed by atoms with Crippen LogP contribution in [-0.4, -0.2) is 20.6 Å². The zero-order valence-electron chi connectivity index (χ0n) is 12.5. The molecule has 0 radical (unpaired) electrons. The van der Waals surface area contributed by atoms with Gasteiger partial charge in [0.1, 0.15) is 12.4 Å². The van der Waals surface area contributed by atoms with Crippen molar-refractivity contribution in [1.29, 1.82) is 0 Å². The molecular formula is C15H10Cl2N4O3S. The highest BCUT2D eigenvalue weighted by Gasteiger charge is 2.13. The second-order valence-electron chi connectivity index (χ2n) is 5.06. The molecule has 2 aromatic heterocycles. The van der Waals surface area contributed by atoms with E-state index in [-0.39, 0.29) is 11.6 Å². The van der Waals surface area contributed by atoms with E-state index in [0.717, 1.165) is 5.56 Å². The predicted molar refractivity (Wildman–Crippen MR) is 96.7 cm³/mol. The molecule has 0 aliphatic heterocycles. The van der Waals surface area contributed by atoms with E-state index < -0.39 is 4.92 Å². The van der Waals surface area contributed by atoms with Crippen LogP contribution in [0.5, 0.6) is 0 Å². The fraction of sp³-hybridized carbons (Fsp3) is 0.0667. The van der Waals surface area contributed by atoms with Crippen LogP contribution in [0.1, 0.15) is 15.2 Å². The topological polar surface area (TPSA) is 90.1 Å². The summed E-state index contributed by atoms with van der Waals surface area (Å²) in [5.74, 6) is -0.277. The Bertz CT molecular complexity index is 954. The fourth-order valence-corrected chi connectivity index (χ4v) is 3.16. The van der Waals surface area contributed by atoms with Gasteiger partial charge in [-0.2, -0.15) is 5.10 Å². The maximum Gasteiger partial charge on any atom is 0.307 e. The number of nitrogens with one attached hydrogen (secondary N) is 1. The summed E-state index contributed by atoms with van der Waals surface area (Å²) in [6, 6.07) is 6.54. The molecule has 2 heterocycles. The van der Waals surface area contributed by atoms with Crippen LogP contribution >= 0.6 is 34.5 Å². The molecule has 7 nitrogen and oxygen atoms in total. The molecular weight excluding hydrogens is 387 g/mol. The van der Waals surface area contributed by atoms with Gasteiger partial charge in [0.25, 0.3) is 5.91 Å².